The number of aromatic nitrogens is 4. The van der Waals surface area contributed by atoms with Gasteiger partial charge in [0.15, 0.2) is 0 Å². The largest absolute Gasteiger partial charge is 0.355 e. The second-order valence-corrected chi connectivity index (χ2v) is 7.63. The zero-order valence-corrected chi connectivity index (χ0v) is 17.6. The van der Waals surface area contributed by atoms with E-state index in [1.54, 1.807) is 18.0 Å². The number of alkyl halides is 2. The molecular weight excluding hydrogens is 396 g/mol. The van der Waals surface area contributed by atoms with Crippen LogP contribution >= 0.6 is 11.8 Å². The Balaban J connectivity index is 0.000000941. The normalized spacial score (nSPS) is 19.3. The van der Waals surface area contributed by atoms with Gasteiger partial charge in [0, 0.05) is 25.2 Å². The number of thioether (sulfide) groups is 1. The number of aromatic amines is 1. The molecule has 4 N–H and O–H groups in total. The van der Waals surface area contributed by atoms with Gasteiger partial charge < -0.3 is 15.6 Å². The lowest BCUT2D eigenvalue weighted by molar-refractivity contribution is 0.226. The summed E-state index contributed by atoms with van der Waals surface area (Å²) in [5.41, 5.74) is 6.69. The number of H-pyrrole nitrogens is 1. The minimum atomic E-state index is -2.80. The van der Waals surface area contributed by atoms with Crippen LogP contribution in [0.4, 0.5) is 14.6 Å². The minimum absolute atomic E-state index is 0.108. The monoisotopic (exact) mass is 423 g/mol. The van der Waals surface area contributed by atoms with Gasteiger partial charge in [-0.25, -0.2) is 23.7 Å². The van der Waals surface area contributed by atoms with Gasteiger partial charge in [-0.1, -0.05) is 6.92 Å². The van der Waals surface area contributed by atoms with Crippen molar-refractivity contribution in [3.05, 3.63) is 30.5 Å². The summed E-state index contributed by atoms with van der Waals surface area (Å²) in [5, 5.41) is 7.12. The van der Waals surface area contributed by atoms with E-state index in [1.165, 1.54) is 12.4 Å². The maximum Gasteiger partial charge on any atom is 0.279 e. The van der Waals surface area contributed by atoms with Gasteiger partial charge in [0.2, 0.25) is 0 Å². The van der Waals surface area contributed by atoms with Crippen LogP contribution in [-0.4, -0.2) is 63.7 Å². The Morgan fingerprint density at radius 3 is 2.76 bits per heavy atom. The molecular formula is C19H27F2N7S. The average molecular weight is 424 g/mol. The molecule has 0 bridgehead atoms. The van der Waals surface area contributed by atoms with Crippen LogP contribution in [0.2, 0.25) is 0 Å². The van der Waals surface area contributed by atoms with Crippen molar-refractivity contribution in [2.45, 2.75) is 25.8 Å². The van der Waals surface area contributed by atoms with Crippen molar-refractivity contribution in [1.82, 2.24) is 19.9 Å². The second kappa shape index (κ2) is 11.0. The Morgan fingerprint density at radius 1 is 1.38 bits per heavy atom. The van der Waals surface area contributed by atoms with Crippen LogP contribution < -0.4 is 10.6 Å². The van der Waals surface area contributed by atoms with Crippen LogP contribution in [-0.2, 0) is 0 Å². The van der Waals surface area contributed by atoms with Crippen molar-refractivity contribution in [3.63, 3.8) is 0 Å². The highest BCUT2D eigenvalue weighted by Gasteiger charge is 2.24. The first-order valence-corrected chi connectivity index (χ1v) is 10.8. The fourth-order valence-corrected chi connectivity index (χ4v) is 2.77. The first kappa shape index (κ1) is 23.0. The number of rotatable bonds is 5. The number of nitrogens with two attached hydrogens (primary N) is 1. The first-order chi connectivity index (χ1) is 13.8. The maximum absolute atomic E-state index is 12.3. The van der Waals surface area contributed by atoms with E-state index in [0.29, 0.717) is 23.1 Å². The Hall–Kier alpha value is -2.33. The molecule has 2 unspecified atom stereocenters. The number of nitrogens with zero attached hydrogens (tertiary/aromatic N) is 4. The number of hydrogen-bond donors (Lipinski definition) is 3. The zero-order chi connectivity index (χ0) is 21.4. The summed E-state index contributed by atoms with van der Waals surface area (Å²) in [5.74, 6) is 1.66. The predicted octanol–water partition coefficient (Wildman–Crippen LogP) is 3.32. The topological polar surface area (TPSA) is 108 Å². The Labute approximate surface area is 173 Å². The van der Waals surface area contributed by atoms with Crippen LogP contribution in [0.5, 0.6) is 0 Å². The summed E-state index contributed by atoms with van der Waals surface area (Å²) in [7, 11) is 0. The summed E-state index contributed by atoms with van der Waals surface area (Å²) in [6.45, 7) is 3.78. The standard InChI is InChI=1S/C17H21F2N7.C2H6S/c1-10-4-5-26(8-12(10)21)16-6-13(23-9-24-16)14-7-22-15(25-14)3-2-11(20)17(18)19;1-3-2/h2-3,6-7,9-10,12,17,20H,4-5,8,21H2,1H3,(H,22,25);1-2H3/b3-2-,20-11?;. The molecule has 10 heteroatoms. The van der Waals surface area contributed by atoms with Crippen molar-refractivity contribution >= 4 is 29.4 Å². The van der Waals surface area contributed by atoms with Gasteiger partial charge in [0.1, 0.15) is 18.0 Å². The van der Waals surface area contributed by atoms with Crippen molar-refractivity contribution in [3.8, 4) is 11.4 Å². The highest BCUT2D eigenvalue weighted by molar-refractivity contribution is 7.97. The van der Waals surface area contributed by atoms with Gasteiger partial charge in [-0.2, -0.15) is 11.8 Å². The van der Waals surface area contributed by atoms with Gasteiger partial charge in [-0.3, -0.25) is 5.41 Å². The SMILES string of the molecule is CC1CCN(c2cc(-c3cnc(/C=C\C(=N)C(F)F)[nH]3)ncn2)CC1N.CSC. The number of hydrogen-bond acceptors (Lipinski definition) is 7. The molecule has 0 amide bonds. The molecule has 2 aromatic heterocycles. The predicted molar refractivity (Wildman–Crippen MR) is 116 cm³/mol. The third-order valence-electron chi connectivity index (χ3n) is 4.52. The average Bonchev–Trinajstić information content (AvgIpc) is 3.18. The molecule has 2 aromatic rings. The van der Waals surface area contributed by atoms with E-state index in [-0.39, 0.29) is 6.04 Å². The van der Waals surface area contributed by atoms with E-state index in [0.717, 1.165) is 31.4 Å². The Bertz CT molecular complexity index is 824. The molecule has 0 spiro atoms. The summed E-state index contributed by atoms with van der Waals surface area (Å²) >= 11 is 1.75. The fourth-order valence-electron chi connectivity index (χ4n) is 2.77. The van der Waals surface area contributed by atoms with Crippen molar-refractivity contribution in [1.29, 1.82) is 5.41 Å². The van der Waals surface area contributed by atoms with Crippen LogP contribution in [0.15, 0.2) is 24.7 Å². The number of anilines is 1. The molecule has 1 fully saturated rings. The van der Waals surface area contributed by atoms with Crippen molar-refractivity contribution < 1.29 is 8.78 Å². The molecule has 3 heterocycles. The number of imidazole rings is 1. The highest BCUT2D eigenvalue weighted by atomic mass is 32.2. The van der Waals surface area contributed by atoms with E-state index in [4.69, 9.17) is 11.1 Å². The van der Waals surface area contributed by atoms with Crippen molar-refractivity contribution in [2.24, 2.45) is 11.7 Å². The lowest BCUT2D eigenvalue weighted by Crippen LogP contribution is -2.47. The molecule has 1 aliphatic heterocycles. The molecule has 1 aliphatic rings. The van der Waals surface area contributed by atoms with E-state index in [2.05, 4.69) is 31.8 Å². The van der Waals surface area contributed by atoms with Crippen LogP contribution in [0.25, 0.3) is 17.5 Å². The number of nitrogens with one attached hydrogen (secondary N) is 2. The van der Waals surface area contributed by atoms with E-state index < -0.39 is 12.1 Å². The molecule has 0 aliphatic carbocycles. The van der Waals surface area contributed by atoms with Gasteiger partial charge in [-0.05, 0) is 37.0 Å². The summed E-state index contributed by atoms with van der Waals surface area (Å²) < 4.78 is 24.7. The number of piperidine rings is 1. The van der Waals surface area contributed by atoms with E-state index >= 15 is 0 Å². The first-order valence-electron chi connectivity index (χ1n) is 9.18. The zero-order valence-electron chi connectivity index (χ0n) is 16.8. The summed E-state index contributed by atoms with van der Waals surface area (Å²) in [6.07, 6.45) is 7.71. The lowest BCUT2D eigenvalue weighted by Gasteiger charge is -2.35. The minimum Gasteiger partial charge on any atom is -0.355 e. The molecule has 3 rings (SSSR count). The second-order valence-electron chi connectivity index (χ2n) is 6.82. The molecule has 1 saturated heterocycles. The van der Waals surface area contributed by atoms with Gasteiger partial charge >= 0.3 is 0 Å². The van der Waals surface area contributed by atoms with Gasteiger partial charge in [0.05, 0.1) is 23.3 Å². The third-order valence-corrected chi connectivity index (χ3v) is 4.52. The third kappa shape index (κ3) is 6.60. The van der Waals surface area contributed by atoms with Gasteiger partial charge in [0.25, 0.3) is 6.43 Å². The van der Waals surface area contributed by atoms with Crippen LogP contribution in [0.3, 0.4) is 0 Å². The van der Waals surface area contributed by atoms with Crippen LogP contribution in [0, 0.1) is 11.3 Å². The molecule has 0 aromatic carbocycles. The van der Waals surface area contributed by atoms with E-state index in [9.17, 15) is 8.78 Å². The number of halogens is 2. The molecule has 29 heavy (non-hydrogen) atoms. The maximum atomic E-state index is 12.3. The Kier molecular flexibility index (Phi) is 8.71. The number of allylic oxidation sites excluding steroid dienone is 1. The van der Waals surface area contributed by atoms with Crippen LogP contribution in [0.1, 0.15) is 19.2 Å². The summed E-state index contributed by atoms with van der Waals surface area (Å²) in [6, 6.07) is 1.96. The lowest BCUT2D eigenvalue weighted by atomic mass is 9.94. The quantitative estimate of drug-likeness (QED) is 0.637. The summed E-state index contributed by atoms with van der Waals surface area (Å²) in [4.78, 5) is 17.8. The highest BCUT2D eigenvalue weighted by Crippen LogP contribution is 2.24. The molecule has 7 nitrogen and oxygen atoms in total. The van der Waals surface area contributed by atoms with Crippen molar-refractivity contribution in [2.75, 3.05) is 30.5 Å². The fraction of sp³-hybridized carbons (Fsp3) is 0.474. The smallest absolute Gasteiger partial charge is 0.279 e. The molecule has 2 atom stereocenters. The molecule has 0 radical (unpaired) electrons. The molecule has 0 saturated carbocycles. The Morgan fingerprint density at radius 2 is 2.10 bits per heavy atom. The molecule has 158 valence electrons. The van der Waals surface area contributed by atoms with E-state index in [1.807, 2.05) is 18.6 Å². The van der Waals surface area contributed by atoms with Gasteiger partial charge in [-0.15, -0.1) is 0 Å².